The largest absolute Gasteiger partial charge is 0.481 e. The number of ether oxygens (including phenoxy) is 3. The van der Waals surface area contributed by atoms with Crippen molar-refractivity contribution >= 4 is 11.9 Å². The first-order valence-electron chi connectivity index (χ1n) is 10.1. The minimum atomic E-state index is -0.823. The van der Waals surface area contributed by atoms with E-state index in [9.17, 15) is 14.7 Å². The predicted octanol–water partition coefficient (Wildman–Crippen LogP) is 4.23. The number of carboxylic acids is 1. The highest BCUT2D eigenvalue weighted by atomic mass is 16.5. The molecule has 0 spiro atoms. The molecule has 0 aliphatic carbocycles. The summed E-state index contributed by atoms with van der Waals surface area (Å²) in [6, 6.07) is 7.71. The summed E-state index contributed by atoms with van der Waals surface area (Å²) in [6.45, 7) is 11.2. The maximum atomic E-state index is 11.9. The Hall–Kier alpha value is -1.92. The molecule has 1 N–H and O–H groups in total. The van der Waals surface area contributed by atoms with Gasteiger partial charge in [-0.3, -0.25) is 9.59 Å². The first-order chi connectivity index (χ1) is 13.5. The summed E-state index contributed by atoms with van der Waals surface area (Å²) in [5.41, 5.74) is 1.11. The van der Waals surface area contributed by atoms with E-state index >= 15 is 0 Å². The van der Waals surface area contributed by atoms with E-state index < -0.39 is 23.4 Å². The van der Waals surface area contributed by atoms with Crippen LogP contribution in [-0.4, -0.2) is 37.4 Å². The fraction of sp³-hybridized carbons (Fsp3) is 0.652. The number of carbonyl (C=O) groups is 2. The monoisotopic (exact) mass is 406 g/mol. The van der Waals surface area contributed by atoms with Crippen molar-refractivity contribution in [1.82, 2.24) is 0 Å². The van der Waals surface area contributed by atoms with Gasteiger partial charge in [0.2, 0.25) is 0 Å². The number of carboxylic acid groups (broad SMARTS) is 1. The summed E-state index contributed by atoms with van der Waals surface area (Å²) in [6.07, 6.45) is 0.119. The van der Waals surface area contributed by atoms with Crippen molar-refractivity contribution in [3.63, 3.8) is 0 Å². The lowest BCUT2D eigenvalue weighted by molar-refractivity contribution is -0.171. The standard InChI is InChI=1S/C23H34O6/c1-15-18(20(24)25)19(29-14-23(15,4)5)17-9-7-16(8-10-17)13-28-12-11-22(2,3)21(26)27-6/h7-10,15,18-19H,11-14H2,1-6H3,(H,24,25). The number of hydrogen-bond acceptors (Lipinski definition) is 5. The first-order valence-corrected chi connectivity index (χ1v) is 10.1. The van der Waals surface area contributed by atoms with Gasteiger partial charge >= 0.3 is 11.9 Å². The molecule has 3 unspecified atom stereocenters. The van der Waals surface area contributed by atoms with E-state index in [4.69, 9.17) is 14.2 Å². The van der Waals surface area contributed by atoms with Gasteiger partial charge in [-0.1, -0.05) is 45.0 Å². The Morgan fingerprint density at radius 1 is 1.24 bits per heavy atom. The third kappa shape index (κ3) is 5.58. The van der Waals surface area contributed by atoms with Crippen LogP contribution < -0.4 is 0 Å². The molecule has 0 amide bonds. The molecule has 1 aromatic carbocycles. The van der Waals surface area contributed by atoms with Gasteiger partial charge in [-0.25, -0.2) is 0 Å². The topological polar surface area (TPSA) is 82.1 Å². The zero-order chi connectivity index (χ0) is 21.8. The molecule has 1 fully saturated rings. The lowest BCUT2D eigenvalue weighted by atomic mass is 9.68. The van der Waals surface area contributed by atoms with E-state index in [2.05, 4.69) is 0 Å². The van der Waals surface area contributed by atoms with Gasteiger partial charge in [0, 0.05) is 6.61 Å². The molecule has 0 saturated carbocycles. The van der Waals surface area contributed by atoms with Crippen LogP contribution in [0.25, 0.3) is 0 Å². The van der Waals surface area contributed by atoms with E-state index in [-0.39, 0.29) is 17.3 Å². The van der Waals surface area contributed by atoms with Crippen molar-refractivity contribution < 1.29 is 28.9 Å². The molecule has 1 aliphatic heterocycles. The van der Waals surface area contributed by atoms with Crippen LogP contribution in [0, 0.1) is 22.7 Å². The Kier molecular flexibility index (Phi) is 7.46. The van der Waals surface area contributed by atoms with Crippen LogP contribution in [0.5, 0.6) is 0 Å². The maximum Gasteiger partial charge on any atom is 0.311 e. The molecule has 1 aliphatic rings. The average molecular weight is 407 g/mol. The molecule has 1 heterocycles. The second-order valence-electron chi connectivity index (χ2n) is 9.29. The van der Waals surface area contributed by atoms with E-state index in [1.54, 1.807) is 0 Å². The third-order valence-corrected chi connectivity index (χ3v) is 6.20. The summed E-state index contributed by atoms with van der Waals surface area (Å²) in [5.74, 6) is -1.65. The van der Waals surface area contributed by atoms with E-state index in [0.29, 0.717) is 26.2 Å². The molecule has 3 atom stereocenters. The SMILES string of the molecule is COC(=O)C(C)(C)CCOCc1ccc(C2OCC(C)(C)C(C)C2C(=O)O)cc1. The first kappa shape index (κ1) is 23.4. The Morgan fingerprint density at radius 3 is 2.41 bits per heavy atom. The number of rotatable bonds is 8. The number of hydrogen-bond donors (Lipinski definition) is 1. The van der Waals surface area contributed by atoms with Crippen molar-refractivity contribution in [2.45, 2.75) is 53.8 Å². The molecule has 29 heavy (non-hydrogen) atoms. The van der Waals surface area contributed by atoms with Gasteiger partial charge < -0.3 is 19.3 Å². The fourth-order valence-electron chi connectivity index (χ4n) is 3.63. The van der Waals surface area contributed by atoms with Gasteiger partial charge in [0.1, 0.15) is 0 Å². The normalized spacial score (nSPS) is 24.1. The Labute approximate surface area is 173 Å². The van der Waals surface area contributed by atoms with Gasteiger partial charge in [-0.2, -0.15) is 0 Å². The highest BCUT2D eigenvalue weighted by Crippen LogP contribution is 2.46. The Morgan fingerprint density at radius 2 is 1.86 bits per heavy atom. The molecule has 0 bridgehead atoms. The molecular formula is C23H34O6. The molecule has 0 aromatic heterocycles. The predicted molar refractivity (Wildman–Crippen MR) is 109 cm³/mol. The summed E-state index contributed by atoms with van der Waals surface area (Å²) >= 11 is 0. The van der Waals surface area contributed by atoms with Crippen molar-refractivity contribution in [1.29, 1.82) is 0 Å². The molecule has 0 radical (unpaired) electrons. The van der Waals surface area contributed by atoms with Crippen molar-refractivity contribution in [3.8, 4) is 0 Å². The van der Waals surface area contributed by atoms with Crippen LogP contribution in [0.4, 0.5) is 0 Å². The van der Waals surface area contributed by atoms with Crippen LogP contribution in [0.15, 0.2) is 24.3 Å². The molecule has 6 nitrogen and oxygen atoms in total. The lowest BCUT2D eigenvalue weighted by Gasteiger charge is -2.44. The lowest BCUT2D eigenvalue weighted by Crippen LogP contribution is -2.45. The summed E-state index contributed by atoms with van der Waals surface area (Å²) in [5, 5.41) is 9.76. The second kappa shape index (κ2) is 9.26. The Bertz CT molecular complexity index is 707. The molecule has 6 heteroatoms. The smallest absolute Gasteiger partial charge is 0.311 e. The van der Waals surface area contributed by atoms with Gasteiger partial charge in [-0.15, -0.1) is 0 Å². The van der Waals surface area contributed by atoms with Crippen LogP contribution in [0.1, 0.15) is 58.3 Å². The van der Waals surface area contributed by atoms with Crippen LogP contribution in [0.2, 0.25) is 0 Å². The molecule has 1 saturated heterocycles. The maximum absolute atomic E-state index is 11.9. The number of esters is 1. The highest BCUT2D eigenvalue weighted by Gasteiger charge is 2.46. The van der Waals surface area contributed by atoms with Crippen LogP contribution >= 0.6 is 0 Å². The number of aliphatic carboxylic acids is 1. The van der Waals surface area contributed by atoms with E-state index in [1.807, 2.05) is 58.9 Å². The third-order valence-electron chi connectivity index (χ3n) is 6.20. The number of methoxy groups -OCH3 is 1. The van der Waals surface area contributed by atoms with Gasteiger partial charge in [0.05, 0.1) is 37.8 Å². The molecule has 162 valence electrons. The van der Waals surface area contributed by atoms with Gasteiger partial charge in [0.15, 0.2) is 0 Å². The molecule has 1 aromatic rings. The zero-order valence-corrected chi connectivity index (χ0v) is 18.4. The quantitative estimate of drug-likeness (QED) is 0.514. The van der Waals surface area contributed by atoms with Crippen molar-refractivity contribution in [2.75, 3.05) is 20.3 Å². The van der Waals surface area contributed by atoms with E-state index in [0.717, 1.165) is 11.1 Å². The minimum absolute atomic E-state index is 0.0000695. The van der Waals surface area contributed by atoms with Crippen LogP contribution in [-0.2, 0) is 30.4 Å². The molecule has 2 rings (SSSR count). The highest BCUT2D eigenvalue weighted by molar-refractivity contribution is 5.75. The summed E-state index contributed by atoms with van der Waals surface area (Å²) in [7, 11) is 1.39. The van der Waals surface area contributed by atoms with Gasteiger partial charge in [0.25, 0.3) is 0 Å². The number of benzene rings is 1. The molecular weight excluding hydrogens is 372 g/mol. The van der Waals surface area contributed by atoms with Crippen molar-refractivity contribution in [3.05, 3.63) is 35.4 Å². The average Bonchev–Trinajstić information content (AvgIpc) is 2.66. The zero-order valence-electron chi connectivity index (χ0n) is 18.4. The minimum Gasteiger partial charge on any atom is -0.481 e. The second-order valence-corrected chi connectivity index (χ2v) is 9.29. The Balaban J connectivity index is 1.96. The van der Waals surface area contributed by atoms with Crippen LogP contribution in [0.3, 0.4) is 0 Å². The summed E-state index contributed by atoms with van der Waals surface area (Å²) in [4.78, 5) is 23.6. The number of carbonyl (C=O) groups excluding carboxylic acids is 1. The van der Waals surface area contributed by atoms with E-state index in [1.165, 1.54) is 7.11 Å². The van der Waals surface area contributed by atoms with Crippen molar-refractivity contribution in [2.24, 2.45) is 22.7 Å². The fourth-order valence-corrected chi connectivity index (χ4v) is 3.63. The van der Waals surface area contributed by atoms with Gasteiger partial charge in [-0.05, 0) is 42.7 Å². The summed E-state index contributed by atoms with van der Waals surface area (Å²) < 4.78 is 16.5.